The molecule has 0 aliphatic rings. The minimum atomic E-state index is -1.19. The maximum absolute atomic E-state index is 13.2. The number of hydrogen-bond donors (Lipinski definition) is 1. The van der Waals surface area contributed by atoms with Gasteiger partial charge in [0.05, 0.1) is 5.69 Å². The van der Waals surface area contributed by atoms with E-state index in [4.69, 9.17) is 5.11 Å². The number of carboxylic acids is 1. The van der Waals surface area contributed by atoms with E-state index in [9.17, 15) is 9.18 Å². The summed E-state index contributed by atoms with van der Waals surface area (Å²) in [6, 6.07) is 5.81. The van der Waals surface area contributed by atoms with E-state index in [2.05, 4.69) is 10.1 Å². The Bertz CT molecular complexity index is 580. The molecule has 5 nitrogen and oxygen atoms in total. The smallest absolute Gasteiger partial charge is 0.375 e. The summed E-state index contributed by atoms with van der Waals surface area (Å²) in [7, 11) is 0. The fraction of sp³-hybridized carbons (Fsp3) is 0.250. The zero-order valence-corrected chi connectivity index (χ0v) is 9.80. The van der Waals surface area contributed by atoms with Crippen LogP contribution in [-0.4, -0.2) is 25.8 Å². The molecule has 0 saturated heterocycles. The molecule has 94 valence electrons. The molecule has 0 bridgehead atoms. The number of carbonyl (C=O) groups is 1. The third kappa shape index (κ3) is 2.37. The highest BCUT2D eigenvalue weighted by molar-refractivity contribution is 5.83. The highest BCUT2D eigenvalue weighted by atomic mass is 19.1. The SMILES string of the molecule is CCCc1nc(C(=O)O)nn1-c1cccc(F)c1. The van der Waals surface area contributed by atoms with Crippen LogP contribution in [0.4, 0.5) is 4.39 Å². The Labute approximate surface area is 103 Å². The zero-order chi connectivity index (χ0) is 13.1. The molecule has 0 saturated carbocycles. The van der Waals surface area contributed by atoms with Gasteiger partial charge in [-0.1, -0.05) is 13.0 Å². The maximum atomic E-state index is 13.2. The molecule has 6 heteroatoms. The average Bonchev–Trinajstić information content (AvgIpc) is 2.74. The summed E-state index contributed by atoms with van der Waals surface area (Å²) in [6.07, 6.45) is 1.38. The van der Waals surface area contributed by atoms with Crippen molar-refractivity contribution >= 4 is 5.97 Å². The third-order valence-electron chi connectivity index (χ3n) is 2.39. The first-order chi connectivity index (χ1) is 8.61. The van der Waals surface area contributed by atoms with E-state index in [1.165, 1.54) is 16.8 Å². The van der Waals surface area contributed by atoms with E-state index < -0.39 is 11.8 Å². The van der Waals surface area contributed by atoms with E-state index >= 15 is 0 Å². The first-order valence-corrected chi connectivity index (χ1v) is 5.57. The number of aromatic nitrogens is 3. The van der Waals surface area contributed by atoms with Crippen LogP contribution in [0.25, 0.3) is 5.69 Å². The van der Waals surface area contributed by atoms with Gasteiger partial charge >= 0.3 is 5.97 Å². The Morgan fingerprint density at radius 3 is 2.89 bits per heavy atom. The Morgan fingerprint density at radius 1 is 1.50 bits per heavy atom. The molecule has 2 rings (SSSR count). The topological polar surface area (TPSA) is 68.0 Å². The van der Waals surface area contributed by atoms with Crippen LogP contribution in [0, 0.1) is 5.82 Å². The quantitative estimate of drug-likeness (QED) is 0.900. The van der Waals surface area contributed by atoms with Gasteiger partial charge < -0.3 is 5.11 Å². The lowest BCUT2D eigenvalue weighted by atomic mass is 10.3. The molecular weight excluding hydrogens is 237 g/mol. The van der Waals surface area contributed by atoms with Gasteiger partial charge in [0.25, 0.3) is 5.82 Å². The summed E-state index contributed by atoms with van der Waals surface area (Å²) in [4.78, 5) is 14.8. The van der Waals surface area contributed by atoms with Gasteiger partial charge in [-0.2, -0.15) is 0 Å². The molecule has 0 spiro atoms. The molecule has 1 aromatic carbocycles. The Hall–Kier alpha value is -2.24. The Kier molecular flexibility index (Phi) is 3.36. The fourth-order valence-corrected chi connectivity index (χ4v) is 1.64. The molecule has 0 fully saturated rings. The number of benzene rings is 1. The molecule has 0 atom stereocenters. The van der Waals surface area contributed by atoms with Crippen LogP contribution in [0.5, 0.6) is 0 Å². The number of rotatable bonds is 4. The predicted octanol–water partition coefficient (Wildman–Crippen LogP) is 2.06. The number of carboxylic acid groups (broad SMARTS) is 1. The second-order valence-electron chi connectivity index (χ2n) is 3.80. The second kappa shape index (κ2) is 4.95. The monoisotopic (exact) mass is 249 g/mol. The van der Waals surface area contributed by atoms with Crippen molar-refractivity contribution in [2.45, 2.75) is 19.8 Å². The highest BCUT2D eigenvalue weighted by Crippen LogP contribution is 2.13. The van der Waals surface area contributed by atoms with Gasteiger partial charge in [0.15, 0.2) is 0 Å². The summed E-state index contributed by atoms with van der Waals surface area (Å²) >= 11 is 0. The average molecular weight is 249 g/mol. The van der Waals surface area contributed by atoms with Crippen LogP contribution in [0.15, 0.2) is 24.3 Å². The molecule has 0 radical (unpaired) electrons. The maximum Gasteiger partial charge on any atom is 0.375 e. The summed E-state index contributed by atoms with van der Waals surface area (Å²) in [5.41, 5.74) is 0.471. The molecule has 1 heterocycles. The van der Waals surface area contributed by atoms with Gasteiger partial charge in [-0.25, -0.2) is 18.9 Å². The lowest BCUT2D eigenvalue weighted by Crippen LogP contribution is -2.04. The molecule has 0 aliphatic carbocycles. The van der Waals surface area contributed by atoms with Crippen molar-refractivity contribution in [1.29, 1.82) is 0 Å². The van der Waals surface area contributed by atoms with E-state index in [1.54, 1.807) is 12.1 Å². The van der Waals surface area contributed by atoms with Crippen LogP contribution in [-0.2, 0) is 6.42 Å². The molecule has 18 heavy (non-hydrogen) atoms. The zero-order valence-electron chi connectivity index (χ0n) is 9.80. The minimum absolute atomic E-state index is 0.275. The minimum Gasteiger partial charge on any atom is -0.475 e. The van der Waals surface area contributed by atoms with Crippen molar-refractivity contribution < 1.29 is 14.3 Å². The lowest BCUT2D eigenvalue weighted by molar-refractivity contribution is 0.0683. The molecule has 2 aromatic rings. The van der Waals surface area contributed by atoms with Crippen LogP contribution in [0.3, 0.4) is 0 Å². The Morgan fingerprint density at radius 2 is 2.28 bits per heavy atom. The van der Waals surface area contributed by atoms with Crippen LogP contribution in [0.2, 0.25) is 0 Å². The molecule has 0 aliphatic heterocycles. The summed E-state index contributed by atoms with van der Waals surface area (Å²) < 4.78 is 14.5. The Balaban J connectivity index is 2.51. The lowest BCUT2D eigenvalue weighted by Gasteiger charge is -2.04. The van der Waals surface area contributed by atoms with Crippen molar-refractivity contribution in [3.8, 4) is 5.69 Å². The third-order valence-corrected chi connectivity index (χ3v) is 2.39. The van der Waals surface area contributed by atoms with Crippen LogP contribution in [0.1, 0.15) is 29.8 Å². The number of aromatic carboxylic acids is 1. The number of halogens is 1. The molecule has 0 unspecified atom stereocenters. The molecule has 1 N–H and O–H groups in total. The van der Waals surface area contributed by atoms with Gasteiger partial charge in [0, 0.05) is 6.42 Å². The largest absolute Gasteiger partial charge is 0.475 e. The highest BCUT2D eigenvalue weighted by Gasteiger charge is 2.15. The van der Waals surface area contributed by atoms with Crippen LogP contribution < -0.4 is 0 Å². The number of hydrogen-bond acceptors (Lipinski definition) is 3. The fourth-order valence-electron chi connectivity index (χ4n) is 1.64. The van der Waals surface area contributed by atoms with Gasteiger partial charge in [0.2, 0.25) is 0 Å². The van der Waals surface area contributed by atoms with Gasteiger partial charge in [-0.3, -0.25) is 0 Å². The normalized spacial score (nSPS) is 10.6. The van der Waals surface area contributed by atoms with E-state index in [1.807, 2.05) is 6.92 Å². The second-order valence-corrected chi connectivity index (χ2v) is 3.80. The molecule has 1 aromatic heterocycles. The number of nitrogens with zero attached hydrogens (tertiary/aromatic N) is 3. The van der Waals surface area contributed by atoms with Gasteiger partial charge in [-0.05, 0) is 24.6 Å². The van der Waals surface area contributed by atoms with E-state index in [0.717, 1.165) is 6.42 Å². The van der Waals surface area contributed by atoms with Crippen molar-refractivity contribution in [2.75, 3.05) is 0 Å². The predicted molar refractivity (Wildman–Crippen MR) is 62.3 cm³/mol. The van der Waals surface area contributed by atoms with Gasteiger partial charge in [-0.15, -0.1) is 5.10 Å². The van der Waals surface area contributed by atoms with Gasteiger partial charge in [0.1, 0.15) is 11.6 Å². The summed E-state index contributed by atoms with van der Waals surface area (Å²) in [5.74, 6) is -1.35. The van der Waals surface area contributed by atoms with Crippen molar-refractivity contribution in [2.24, 2.45) is 0 Å². The first-order valence-electron chi connectivity index (χ1n) is 5.57. The van der Waals surface area contributed by atoms with Crippen molar-refractivity contribution in [1.82, 2.24) is 14.8 Å². The summed E-state index contributed by atoms with van der Waals surface area (Å²) in [5, 5.41) is 12.8. The van der Waals surface area contributed by atoms with Crippen molar-refractivity contribution in [3.05, 3.63) is 41.7 Å². The van der Waals surface area contributed by atoms with Crippen molar-refractivity contribution in [3.63, 3.8) is 0 Å². The summed E-state index contributed by atoms with van der Waals surface area (Å²) in [6.45, 7) is 1.95. The molecule has 0 amide bonds. The standard InChI is InChI=1S/C12H12FN3O2/c1-2-4-10-14-11(12(17)18)15-16(10)9-6-3-5-8(13)7-9/h3,5-7H,2,4H2,1H3,(H,17,18). The van der Waals surface area contributed by atoms with E-state index in [0.29, 0.717) is 17.9 Å². The first kappa shape index (κ1) is 12.2. The molecular formula is C12H12FN3O2. The van der Waals surface area contributed by atoms with E-state index in [-0.39, 0.29) is 5.82 Å². The number of aryl methyl sites for hydroxylation is 1. The van der Waals surface area contributed by atoms with Crippen LogP contribution >= 0.6 is 0 Å².